The molecule has 0 aromatic heterocycles. The van der Waals surface area contributed by atoms with Crippen molar-refractivity contribution in [1.82, 2.24) is 4.90 Å². The van der Waals surface area contributed by atoms with E-state index in [4.69, 9.17) is 9.47 Å². The predicted molar refractivity (Wildman–Crippen MR) is 39.8 cm³/mol. The van der Waals surface area contributed by atoms with Crippen LogP contribution in [0.25, 0.3) is 0 Å². The number of nitrogens with zero attached hydrogens (tertiary/aromatic N) is 1. The van der Waals surface area contributed by atoms with E-state index in [1.54, 1.807) is 4.90 Å². The van der Waals surface area contributed by atoms with E-state index in [9.17, 15) is 9.59 Å². The Bertz CT molecular complexity index is 262. The van der Waals surface area contributed by atoms with E-state index in [0.29, 0.717) is 19.8 Å². The molecule has 3 atom stereocenters. The molecule has 0 aliphatic carbocycles. The van der Waals surface area contributed by atoms with Crippen molar-refractivity contribution in [3.63, 3.8) is 0 Å². The van der Waals surface area contributed by atoms with Crippen LogP contribution >= 0.6 is 0 Å². The first-order valence-electron chi connectivity index (χ1n) is 4.37. The zero-order chi connectivity index (χ0) is 9.00. The van der Waals surface area contributed by atoms with Crippen molar-refractivity contribution >= 4 is 12.1 Å². The molecular formula is C8H9NO4. The number of fused-ring (bicyclic) bond motifs is 3. The second-order valence-electron chi connectivity index (χ2n) is 3.70. The van der Waals surface area contributed by atoms with Gasteiger partial charge in [-0.05, 0) is 0 Å². The Labute approximate surface area is 74.6 Å². The van der Waals surface area contributed by atoms with Gasteiger partial charge < -0.3 is 14.4 Å². The zero-order valence-electron chi connectivity index (χ0n) is 6.93. The van der Waals surface area contributed by atoms with Gasteiger partial charge >= 0.3 is 12.1 Å². The Morgan fingerprint density at radius 1 is 1.23 bits per heavy atom. The summed E-state index contributed by atoms with van der Waals surface area (Å²) in [5.74, 6) is -0.0935. The highest BCUT2D eigenvalue weighted by molar-refractivity contribution is 5.79. The number of hydrogen-bond donors (Lipinski definition) is 0. The first-order chi connectivity index (χ1) is 6.27. The van der Waals surface area contributed by atoms with Crippen LogP contribution in [0, 0.1) is 11.8 Å². The van der Waals surface area contributed by atoms with E-state index in [1.807, 2.05) is 0 Å². The number of amides is 1. The van der Waals surface area contributed by atoms with Crippen molar-refractivity contribution in [2.45, 2.75) is 6.04 Å². The third-order valence-corrected chi connectivity index (χ3v) is 3.14. The average Bonchev–Trinajstić information content (AvgIpc) is 2.70. The molecule has 0 aromatic carbocycles. The van der Waals surface area contributed by atoms with E-state index in [1.165, 1.54) is 0 Å². The first kappa shape index (κ1) is 7.17. The Hall–Kier alpha value is -1.26. The van der Waals surface area contributed by atoms with Crippen LogP contribution in [0.5, 0.6) is 0 Å². The van der Waals surface area contributed by atoms with Gasteiger partial charge in [0.25, 0.3) is 0 Å². The monoisotopic (exact) mass is 183 g/mol. The number of hydrogen-bond acceptors (Lipinski definition) is 4. The summed E-state index contributed by atoms with van der Waals surface area (Å²) in [6, 6.07) is 0.0731. The fourth-order valence-corrected chi connectivity index (χ4v) is 2.41. The maximum atomic E-state index is 11.2. The van der Waals surface area contributed by atoms with Gasteiger partial charge in [-0.1, -0.05) is 0 Å². The van der Waals surface area contributed by atoms with Crippen LogP contribution < -0.4 is 0 Å². The fourth-order valence-electron chi connectivity index (χ4n) is 2.41. The highest BCUT2D eigenvalue weighted by Gasteiger charge is 2.55. The van der Waals surface area contributed by atoms with Crippen LogP contribution in [-0.4, -0.2) is 42.8 Å². The van der Waals surface area contributed by atoms with Crippen LogP contribution in [0.4, 0.5) is 4.79 Å². The standard InChI is InChI=1S/C8H9NO4/c10-7-4-1-9-6(3-13-8(9)11)5(4)2-12-7/h4-6H,1-3H2/t4-,5-,6+/m0/s1. The lowest BCUT2D eigenvalue weighted by molar-refractivity contribution is -0.141. The van der Waals surface area contributed by atoms with Gasteiger partial charge in [-0.15, -0.1) is 0 Å². The van der Waals surface area contributed by atoms with Crippen molar-refractivity contribution in [2.75, 3.05) is 19.8 Å². The summed E-state index contributed by atoms with van der Waals surface area (Å²) >= 11 is 0. The molecule has 3 aliphatic heterocycles. The summed E-state index contributed by atoms with van der Waals surface area (Å²) < 4.78 is 9.81. The Kier molecular flexibility index (Phi) is 1.19. The lowest BCUT2D eigenvalue weighted by atomic mass is 9.94. The molecule has 0 unspecified atom stereocenters. The number of rotatable bonds is 0. The van der Waals surface area contributed by atoms with Crippen molar-refractivity contribution in [3.05, 3.63) is 0 Å². The number of carbonyl (C=O) groups excluding carboxylic acids is 2. The van der Waals surface area contributed by atoms with Crippen LogP contribution in [0.3, 0.4) is 0 Å². The van der Waals surface area contributed by atoms with E-state index in [2.05, 4.69) is 0 Å². The molecule has 1 amide bonds. The van der Waals surface area contributed by atoms with Crippen molar-refractivity contribution in [3.8, 4) is 0 Å². The van der Waals surface area contributed by atoms with Gasteiger partial charge in [-0.3, -0.25) is 4.79 Å². The van der Waals surface area contributed by atoms with Gasteiger partial charge in [0.15, 0.2) is 0 Å². The maximum absolute atomic E-state index is 11.2. The van der Waals surface area contributed by atoms with Crippen molar-refractivity contribution in [1.29, 1.82) is 0 Å². The molecule has 70 valence electrons. The highest BCUT2D eigenvalue weighted by Crippen LogP contribution is 2.38. The summed E-state index contributed by atoms with van der Waals surface area (Å²) in [5, 5.41) is 0. The normalized spacial score (nSPS) is 41.5. The Morgan fingerprint density at radius 2 is 2.08 bits per heavy atom. The molecule has 0 N–H and O–H groups in total. The molecule has 3 saturated heterocycles. The van der Waals surface area contributed by atoms with Crippen molar-refractivity contribution < 1.29 is 19.1 Å². The van der Waals surface area contributed by atoms with E-state index in [0.717, 1.165) is 0 Å². The van der Waals surface area contributed by atoms with Crippen LogP contribution in [0.15, 0.2) is 0 Å². The summed E-state index contributed by atoms with van der Waals surface area (Å²) in [4.78, 5) is 24.0. The Morgan fingerprint density at radius 3 is 2.92 bits per heavy atom. The second-order valence-corrected chi connectivity index (χ2v) is 3.70. The number of esters is 1. The number of ether oxygens (including phenoxy) is 2. The molecule has 5 nitrogen and oxygen atoms in total. The van der Waals surface area contributed by atoms with Crippen molar-refractivity contribution in [2.24, 2.45) is 11.8 Å². The van der Waals surface area contributed by atoms with Gasteiger partial charge in [-0.25, -0.2) is 4.79 Å². The minimum Gasteiger partial charge on any atom is -0.465 e. The molecule has 3 rings (SSSR count). The number of cyclic esters (lactones) is 2. The summed E-state index contributed by atoms with van der Waals surface area (Å²) in [7, 11) is 0. The molecule has 3 fully saturated rings. The van der Waals surface area contributed by atoms with E-state index in [-0.39, 0.29) is 29.9 Å². The van der Waals surface area contributed by atoms with Crippen LogP contribution in [-0.2, 0) is 14.3 Å². The van der Waals surface area contributed by atoms with Crippen LogP contribution in [0.2, 0.25) is 0 Å². The third kappa shape index (κ3) is 0.765. The lowest BCUT2D eigenvalue weighted by Crippen LogP contribution is -2.31. The molecule has 0 aromatic rings. The smallest absolute Gasteiger partial charge is 0.410 e. The van der Waals surface area contributed by atoms with E-state index < -0.39 is 0 Å². The van der Waals surface area contributed by atoms with Gasteiger partial charge in [0, 0.05) is 12.5 Å². The van der Waals surface area contributed by atoms with Crippen LogP contribution in [0.1, 0.15) is 0 Å². The summed E-state index contributed by atoms with van der Waals surface area (Å²) in [6.07, 6.45) is -0.285. The van der Waals surface area contributed by atoms with Gasteiger partial charge in [0.1, 0.15) is 6.61 Å². The molecule has 3 aliphatic rings. The molecule has 0 saturated carbocycles. The average molecular weight is 183 g/mol. The lowest BCUT2D eigenvalue weighted by Gasteiger charge is -2.13. The topological polar surface area (TPSA) is 55.8 Å². The first-order valence-corrected chi connectivity index (χ1v) is 4.37. The minimum absolute atomic E-state index is 0.0731. The molecule has 0 bridgehead atoms. The van der Waals surface area contributed by atoms with Gasteiger partial charge in [-0.2, -0.15) is 0 Å². The maximum Gasteiger partial charge on any atom is 0.410 e. The molecule has 5 heteroatoms. The molecule has 0 radical (unpaired) electrons. The molecule has 3 heterocycles. The molecule has 13 heavy (non-hydrogen) atoms. The Balaban J connectivity index is 1.90. The molecular weight excluding hydrogens is 174 g/mol. The molecule has 0 spiro atoms. The van der Waals surface area contributed by atoms with E-state index >= 15 is 0 Å². The van der Waals surface area contributed by atoms with Gasteiger partial charge in [0.2, 0.25) is 0 Å². The largest absolute Gasteiger partial charge is 0.465 e. The quantitative estimate of drug-likeness (QED) is 0.480. The second kappa shape index (κ2) is 2.16. The van der Waals surface area contributed by atoms with Gasteiger partial charge in [0.05, 0.1) is 18.6 Å². The summed E-state index contributed by atoms with van der Waals surface area (Å²) in [5.41, 5.74) is 0. The minimum atomic E-state index is -0.285. The predicted octanol–water partition coefficient (Wildman–Crippen LogP) is -0.390. The third-order valence-electron chi connectivity index (χ3n) is 3.14. The summed E-state index contributed by atoms with van der Waals surface area (Å²) in [6.45, 7) is 1.34. The zero-order valence-corrected chi connectivity index (χ0v) is 6.93. The SMILES string of the molecule is O=C1OC[C@H]2[C@@H]1CN1C(=O)OC[C@H]21. The number of carbonyl (C=O) groups is 2. The fraction of sp³-hybridized carbons (Fsp3) is 0.750. The highest BCUT2D eigenvalue weighted by atomic mass is 16.6.